The van der Waals surface area contributed by atoms with E-state index in [0.29, 0.717) is 30.4 Å². The van der Waals surface area contributed by atoms with Crippen LogP contribution in [0.15, 0.2) is 28.7 Å². The summed E-state index contributed by atoms with van der Waals surface area (Å²) in [7, 11) is 0. The van der Waals surface area contributed by atoms with Crippen molar-refractivity contribution in [3.8, 4) is 0 Å². The molecule has 0 radical (unpaired) electrons. The van der Waals surface area contributed by atoms with E-state index >= 15 is 0 Å². The van der Waals surface area contributed by atoms with Crippen LogP contribution in [0.4, 0.5) is 0 Å². The number of nitrogens with zero attached hydrogens (tertiary/aromatic N) is 2. The van der Waals surface area contributed by atoms with E-state index in [-0.39, 0.29) is 29.7 Å². The molecule has 2 unspecified atom stereocenters. The first-order valence-electron chi connectivity index (χ1n) is 9.52. The lowest BCUT2D eigenvalue weighted by molar-refractivity contribution is -0.123. The van der Waals surface area contributed by atoms with Crippen molar-refractivity contribution in [2.24, 2.45) is 5.92 Å². The fraction of sp³-hybridized carbons (Fsp3) is 0.476. The summed E-state index contributed by atoms with van der Waals surface area (Å²) in [5.41, 5.74) is 2.94. The Morgan fingerprint density at radius 2 is 1.81 bits per heavy atom. The maximum atomic E-state index is 13.0. The van der Waals surface area contributed by atoms with E-state index in [1.54, 1.807) is 18.7 Å². The number of hydrogen-bond donors (Lipinski definition) is 1. The average Bonchev–Trinajstić information content (AvgIpc) is 3.33. The van der Waals surface area contributed by atoms with Crippen LogP contribution in [-0.2, 0) is 4.79 Å². The zero-order chi connectivity index (χ0) is 19.1. The number of rotatable bonds is 4. The molecule has 1 aromatic heterocycles. The number of likely N-dealkylation sites (tertiary alicyclic amines) is 1. The fourth-order valence-electron chi connectivity index (χ4n) is 3.79. The maximum absolute atomic E-state index is 13.0. The summed E-state index contributed by atoms with van der Waals surface area (Å²) >= 11 is 0. The number of amides is 2. The SMILES string of the molecule is Cc1ccc(C2CN(C(=O)c3oc(C)nc3C)CC2NC(=O)C2CC2)cc1. The molecule has 1 aliphatic carbocycles. The zero-order valence-corrected chi connectivity index (χ0v) is 16.0. The number of aromatic nitrogens is 1. The van der Waals surface area contributed by atoms with Crippen molar-refractivity contribution in [2.45, 2.75) is 45.6 Å². The van der Waals surface area contributed by atoms with Crippen LogP contribution in [0, 0.1) is 26.7 Å². The van der Waals surface area contributed by atoms with E-state index in [0.717, 1.165) is 18.4 Å². The van der Waals surface area contributed by atoms with Crippen molar-refractivity contribution in [1.82, 2.24) is 15.2 Å². The minimum Gasteiger partial charge on any atom is -0.436 e. The summed E-state index contributed by atoms with van der Waals surface area (Å²) in [6, 6.07) is 8.24. The van der Waals surface area contributed by atoms with Crippen molar-refractivity contribution < 1.29 is 14.0 Å². The van der Waals surface area contributed by atoms with Crippen LogP contribution >= 0.6 is 0 Å². The predicted molar refractivity (Wildman–Crippen MR) is 100 cm³/mol. The second-order valence-electron chi connectivity index (χ2n) is 7.76. The summed E-state index contributed by atoms with van der Waals surface area (Å²) in [5, 5.41) is 3.18. The monoisotopic (exact) mass is 367 g/mol. The van der Waals surface area contributed by atoms with Gasteiger partial charge in [0.25, 0.3) is 5.91 Å². The second-order valence-corrected chi connectivity index (χ2v) is 7.76. The lowest BCUT2D eigenvalue weighted by Gasteiger charge is -2.20. The van der Waals surface area contributed by atoms with Crippen LogP contribution in [0.1, 0.15) is 52.0 Å². The lowest BCUT2D eigenvalue weighted by Crippen LogP contribution is -2.41. The topological polar surface area (TPSA) is 75.4 Å². The number of hydrogen-bond acceptors (Lipinski definition) is 4. The molecule has 142 valence electrons. The summed E-state index contributed by atoms with van der Waals surface area (Å²) in [6.45, 7) is 6.60. The Bertz CT molecular complexity index is 867. The number of aryl methyl sites for hydroxylation is 3. The molecule has 1 aromatic carbocycles. The van der Waals surface area contributed by atoms with Gasteiger partial charge in [-0.05, 0) is 32.3 Å². The van der Waals surface area contributed by atoms with E-state index in [4.69, 9.17) is 4.42 Å². The number of carbonyl (C=O) groups is 2. The van der Waals surface area contributed by atoms with Crippen molar-refractivity contribution in [3.63, 3.8) is 0 Å². The molecule has 2 fully saturated rings. The van der Waals surface area contributed by atoms with Gasteiger partial charge in [0, 0.05) is 31.8 Å². The van der Waals surface area contributed by atoms with Crippen LogP contribution in [0.2, 0.25) is 0 Å². The molecular formula is C21H25N3O3. The molecule has 1 saturated carbocycles. The standard InChI is InChI=1S/C21H25N3O3/c1-12-4-6-15(7-5-12)17-10-24(11-18(17)23-20(25)16-8-9-16)21(26)19-13(2)22-14(3)27-19/h4-7,16-18H,8-11H2,1-3H3,(H,23,25). The molecule has 0 bridgehead atoms. The number of carbonyl (C=O) groups excluding carboxylic acids is 2. The Balaban J connectivity index is 1.57. The van der Waals surface area contributed by atoms with Gasteiger partial charge in [0.2, 0.25) is 11.7 Å². The van der Waals surface area contributed by atoms with Gasteiger partial charge in [-0.15, -0.1) is 0 Å². The quantitative estimate of drug-likeness (QED) is 0.902. The van der Waals surface area contributed by atoms with Crippen LogP contribution in [0.3, 0.4) is 0 Å². The Morgan fingerprint density at radius 3 is 2.41 bits per heavy atom. The van der Waals surface area contributed by atoms with Gasteiger partial charge in [0.15, 0.2) is 5.89 Å². The molecular weight excluding hydrogens is 342 g/mol. The first-order chi connectivity index (χ1) is 12.9. The van der Waals surface area contributed by atoms with Gasteiger partial charge >= 0.3 is 0 Å². The Kier molecular flexibility index (Phi) is 4.50. The fourth-order valence-corrected chi connectivity index (χ4v) is 3.79. The Labute approximate surface area is 159 Å². The highest BCUT2D eigenvalue weighted by Gasteiger charge is 2.40. The first kappa shape index (κ1) is 17.8. The van der Waals surface area contributed by atoms with Crippen molar-refractivity contribution in [1.29, 1.82) is 0 Å². The molecule has 6 heteroatoms. The smallest absolute Gasteiger partial charge is 0.291 e. The van der Waals surface area contributed by atoms with E-state index in [9.17, 15) is 9.59 Å². The minimum absolute atomic E-state index is 0.0709. The molecule has 0 spiro atoms. The molecule has 2 aliphatic rings. The minimum atomic E-state index is -0.159. The highest BCUT2D eigenvalue weighted by Crippen LogP contribution is 2.33. The maximum Gasteiger partial charge on any atom is 0.291 e. The molecule has 1 aliphatic heterocycles. The van der Waals surface area contributed by atoms with Gasteiger partial charge in [-0.1, -0.05) is 29.8 Å². The first-order valence-corrected chi connectivity index (χ1v) is 9.52. The van der Waals surface area contributed by atoms with Gasteiger partial charge in [0.1, 0.15) is 0 Å². The highest BCUT2D eigenvalue weighted by atomic mass is 16.4. The van der Waals surface area contributed by atoms with Gasteiger partial charge in [-0.3, -0.25) is 9.59 Å². The number of oxazole rings is 1. The zero-order valence-electron chi connectivity index (χ0n) is 16.0. The van der Waals surface area contributed by atoms with Crippen LogP contribution in [-0.4, -0.2) is 40.8 Å². The van der Waals surface area contributed by atoms with Gasteiger partial charge in [-0.2, -0.15) is 0 Å². The molecule has 1 N–H and O–H groups in total. The highest BCUT2D eigenvalue weighted by molar-refractivity contribution is 5.93. The lowest BCUT2D eigenvalue weighted by atomic mass is 9.93. The van der Waals surface area contributed by atoms with Crippen molar-refractivity contribution in [3.05, 3.63) is 52.7 Å². The van der Waals surface area contributed by atoms with E-state index in [1.807, 2.05) is 0 Å². The summed E-state index contributed by atoms with van der Waals surface area (Å²) < 4.78 is 5.52. The number of benzene rings is 1. The van der Waals surface area contributed by atoms with E-state index in [1.165, 1.54) is 5.56 Å². The van der Waals surface area contributed by atoms with Crippen LogP contribution < -0.4 is 5.32 Å². The second kappa shape index (κ2) is 6.83. The average molecular weight is 367 g/mol. The van der Waals surface area contributed by atoms with Crippen LogP contribution in [0.5, 0.6) is 0 Å². The third kappa shape index (κ3) is 3.61. The molecule has 4 rings (SSSR count). The summed E-state index contributed by atoms with van der Waals surface area (Å²) in [5.74, 6) is 0.952. The summed E-state index contributed by atoms with van der Waals surface area (Å²) in [4.78, 5) is 31.3. The summed E-state index contributed by atoms with van der Waals surface area (Å²) in [6.07, 6.45) is 1.93. The molecule has 27 heavy (non-hydrogen) atoms. The molecule has 6 nitrogen and oxygen atoms in total. The number of nitrogens with one attached hydrogen (secondary N) is 1. The third-order valence-corrected chi connectivity index (χ3v) is 5.49. The molecule has 2 amide bonds. The Hall–Kier alpha value is -2.63. The van der Waals surface area contributed by atoms with E-state index in [2.05, 4.69) is 41.5 Å². The van der Waals surface area contributed by atoms with Gasteiger partial charge in [-0.25, -0.2) is 4.98 Å². The predicted octanol–water partition coefficient (Wildman–Crippen LogP) is 2.73. The molecule has 2 atom stereocenters. The largest absolute Gasteiger partial charge is 0.436 e. The van der Waals surface area contributed by atoms with Gasteiger partial charge in [0.05, 0.1) is 11.7 Å². The van der Waals surface area contributed by atoms with E-state index < -0.39 is 0 Å². The third-order valence-electron chi connectivity index (χ3n) is 5.49. The molecule has 2 aromatic rings. The molecule has 1 saturated heterocycles. The van der Waals surface area contributed by atoms with Crippen LogP contribution in [0.25, 0.3) is 0 Å². The normalized spacial score (nSPS) is 22.1. The Morgan fingerprint density at radius 1 is 1.11 bits per heavy atom. The van der Waals surface area contributed by atoms with Gasteiger partial charge < -0.3 is 14.6 Å². The van der Waals surface area contributed by atoms with Crippen molar-refractivity contribution >= 4 is 11.8 Å². The molecule has 2 heterocycles. The van der Waals surface area contributed by atoms with Crippen molar-refractivity contribution in [2.75, 3.05) is 13.1 Å².